The van der Waals surface area contributed by atoms with Crippen LogP contribution in [-0.4, -0.2) is 72.6 Å². The molecule has 1 aliphatic rings. The molecule has 0 aliphatic carbocycles. The maximum Gasteiger partial charge on any atom is 0.193 e. The van der Waals surface area contributed by atoms with Gasteiger partial charge in [-0.25, -0.2) is 0 Å². The van der Waals surface area contributed by atoms with Crippen molar-refractivity contribution in [1.29, 1.82) is 0 Å². The normalized spacial score (nSPS) is 20.9. The summed E-state index contributed by atoms with van der Waals surface area (Å²) in [5, 5.41) is 3.43. The molecule has 0 aromatic carbocycles. The minimum Gasteiger partial charge on any atom is -0.357 e. The van der Waals surface area contributed by atoms with E-state index in [0.29, 0.717) is 6.04 Å². The number of aliphatic imine (C=N–C) groups is 1. The van der Waals surface area contributed by atoms with Gasteiger partial charge >= 0.3 is 0 Å². The summed E-state index contributed by atoms with van der Waals surface area (Å²) >= 11 is 1.87. The molecule has 0 bridgehead atoms. The van der Waals surface area contributed by atoms with Gasteiger partial charge in [0.25, 0.3) is 0 Å². The summed E-state index contributed by atoms with van der Waals surface area (Å²) in [5.41, 5.74) is 0. The Hall–Kier alpha value is -0.420. The molecule has 1 N–H and O–H groups in total. The number of nitrogens with zero attached hydrogens (tertiary/aromatic N) is 3. The molecule has 5 heteroatoms. The van der Waals surface area contributed by atoms with E-state index in [4.69, 9.17) is 4.99 Å². The van der Waals surface area contributed by atoms with Crippen LogP contribution in [0.3, 0.4) is 0 Å². The molecular weight excluding hydrogens is 280 g/mol. The van der Waals surface area contributed by atoms with Crippen LogP contribution in [0.25, 0.3) is 0 Å². The standard InChI is InChI=1S/C16H34N4S/c1-7-17-15(18-13-16(3,4)21-6)19(5)12-14-10-9-11-20(14)8-2/h14H,7-13H2,1-6H3,(H,17,18). The molecule has 1 fully saturated rings. The first kappa shape index (κ1) is 18.6. The first-order chi connectivity index (χ1) is 9.93. The molecule has 0 spiro atoms. The maximum atomic E-state index is 4.84. The van der Waals surface area contributed by atoms with E-state index >= 15 is 0 Å². The molecule has 0 saturated carbocycles. The van der Waals surface area contributed by atoms with E-state index in [-0.39, 0.29) is 4.75 Å². The number of hydrogen-bond donors (Lipinski definition) is 1. The van der Waals surface area contributed by atoms with E-state index in [0.717, 1.165) is 32.1 Å². The van der Waals surface area contributed by atoms with Crippen LogP contribution in [0.5, 0.6) is 0 Å². The number of likely N-dealkylation sites (N-methyl/N-ethyl adjacent to an activating group) is 2. The van der Waals surface area contributed by atoms with E-state index in [1.165, 1.54) is 19.4 Å². The summed E-state index contributed by atoms with van der Waals surface area (Å²) in [6.45, 7) is 14.2. The van der Waals surface area contributed by atoms with Gasteiger partial charge in [0.1, 0.15) is 0 Å². The number of rotatable bonds is 7. The van der Waals surface area contributed by atoms with Crippen LogP contribution in [-0.2, 0) is 0 Å². The molecule has 0 aromatic heterocycles. The summed E-state index contributed by atoms with van der Waals surface area (Å²) < 4.78 is 0.199. The van der Waals surface area contributed by atoms with Crippen molar-refractivity contribution in [2.24, 2.45) is 4.99 Å². The van der Waals surface area contributed by atoms with Gasteiger partial charge in [-0.2, -0.15) is 11.8 Å². The molecule has 21 heavy (non-hydrogen) atoms. The third-order valence-electron chi connectivity index (χ3n) is 4.25. The predicted molar refractivity (Wildman–Crippen MR) is 96.5 cm³/mol. The number of hydrogen-bond acceptors (Lipinski definition) is 3. The van der Waals surface area contributed by atoms with Crippen LogP contribution in [0.2, 0.25) is 0 Å². The summed E-state index contributed by atoms with van der Waals surface area (Å²) in [6.07, 6.45) is 4.80. The minimum atomic E-state index is 0.199. The van der Waals surface area contributed by atoms with Gasteiger partial charge in [0, 0.05) is 30.9 Å². The monoisotopic (exact) mass is 314 g/mol. The highest BCUT2D eigenvalue weighted by Gasteiger charge is 2.25. The first-order valence-electron chi connectivity index (χ1n) is 8.22. The number of likely N-dealkylation sites (tertiary alicyclic amines) is 1. The van der Waals surface area contributed by atoms with Gasteiger partial charge < -0.3 is 10.2 Å². The molecule has 0 aromatic rings. The molecule has 0 amide bonds. The summed E-state index contributed by atoms with van der Waals surface area (Å²) in [5.74, 6) is 1.04. The van der Waals surface area contributed by atoms with Crippen LogP contribution in [0, 0.1) is 0 Å². The number of thioether (sulfide) groups is 1. The summed E-state index contributed by atoms with van der Waals surface area (Å²) in [7, 11) is 2.17. The smallest absolute Gasteiger partial charge is 0.193 e. The van der Waals surface area contributed by atoms with Gasteiger partial charge in [-0.15, -0.1) is 0 Å². The largest absolute Gasteiger partial charge is 0.357 e. The molecule has 124 valence electrons. The second kappa shape index (κ2) is 8.89. The number of nitrogens with one attached hydrogen (secondary N) is 1. The van der Waals surface area contributed by atoms with Gasteiger partial charge in [0.15, 0.2) is 5.96 Å². The molecule has 1 heterocycles. The molecule has 1 aliphatic heterocycles. The zero-order valence-electron chi connectivity index (χ0n) is 14.8. The average molecular weight is 315 g/mol. The highest BCUT2D eigenvalue weighted by atomic mass is 32.2. The quantitative estimate of drug-likeness (QED) is 0.578. The Labute approximate surface area is 135 Å². The zero-order chi connectivity index (χ0) is 15.9. The molecule has 1 saturated heterocycles. The minimum absolute atomic E-state index is 0.199. The highest BCUT2D eigenvalue weighted by molar-refractivity contribution is 7.99. The zero-order valence-corrected chi connectivity index (χ0v) is 15.6. The molecule has 1 atom stereocenters. The number of guanidine groups is 1. The third kappa shape index (κ3) is 6.07. The van der Waals surface area contributed by atoms with Crippen molar-refractivity contribution in [3.63, 3.8) is 0 Å². The van der Waals surface area contributed by atoms with Crippen LogP contribution in [0.4, 0.5) is 0 Å². The van der Waals surface area contributed by atoms with Gasteiger partial charge in [0.2, 0.25) is 0 Å². The average Bonchev–Trinajstić information content (AvgIpc) is 2.90. The molecule has 0 radical (unpaired) electrons. The Kier molecular flexibility index (Phi) is 7.88. The lowest BCUT2D eigenvalue weighted by molar-refractivity contribution is 0.232. The van der Waals surface area contributed by atoms with Crippen LogP contribution in [0.1, 0.15) is 40.5 Å². The van der Waals surface area contributed by atoms with Gasteiger partial charge in [-0.3, -0.25) is 9.89 Å². The second-order valence-corrected chi connectivity index (χ2v) is 7.95. The van der Waals surface area contributed by atoms with Crippen molar-refractivity contribution in [2.75, 3.05) is 46.0 Å². The van der Waals surface area contributed by atoms with E-state index in [1.807, 2.05) is 11.8 Å². The van der Waals surface area contributed by atoms with Crippen molar-refractivity contribution in [2.45, 2.75) is 51.3 Å². The molecular formula is C16H34N4S. The second-order valence-electron chi connectivity index (χ2n) is 6.44. The van der Waals surface area contributed by atoms with Crippen molar-refractivity contribution in [3.05, 3.63) is 0 Å². The molecule has 1 rings (SSSR count). The van der Waals surface area contributed by atoms with Gasteiger partial charge in [0.05, 0.1) is 6.54 Å². The predicted octanol–water partition coefficient (Wildman–Crippen LogP) is 2.51. The van der Waals surface area contributed by atoms with Crippen LogP contribution >= 0.6 is 11.8 Å². The summed E-state index contributed by atoms with van der Waals surface area (Å²) in [6, 6.07) is 0.678. The van der Waals surface area contributed by atoms with Crippen molar-refractivity contribution < 1.29 is 0 Å². The van der Waals surface area contributed by atoms with E-state index in [9.17, 15) is 0 Å². The molecule has 4 nitrogen and oxygen atoms in total. The Balaban J connectivity index is 2.64. The summed E-state index contributed by atoms with van der Waals surface area (Å²) in [4.78, 5) is 9.73. The Bertz CT molecular complexity index is 330. The van der Waals surface area contributed by atoms with Crippen LogP contribution in [0.15, 0.2) is 4.99 Å². The van der Waals surface area contributed by atoms with Gasteiger partial charge in [-0.05, 0) is 53.0 Å². The van der Waals surface area contributed by atoms with E-state index in [2.05, 4.69) is 56.1 Å². The first-order valence-corrected chi connectivity index (χ1v) is 9.44. The lowest BCUT2D eigenvalue weighted by Crippen LogP contribution is -2.46. The van der Waals surface area contributed by atoms with E-state index in [1.54, 1.807) is 0 Å². The Morgan fingerprint density at radius 1 is 1.43 bits per heavy atom. The topological polar surface area (TPSA) is 30.9 Å². The third-order valence-corrected chi connectivity index (χ3v) is 5.48. The van der Waals surface area contributed by atoms with Gasteiger partial charge in [-0.1, -0.05) is 6.92 Å². The van der Waals surface area contributed by atoms with Crippen LogP contribution < -0.4 is 5.32 Å². The SMILES string of the molecule is CCNC(=NCC(C)(C)SC)N(C)CC1CCCN1CC. The lowest BCUT2D eigenvalue weighted by atomic mass is 10.2. The Morgan fingerprint density at radius 2 is 2.14 bits per heavy atom. The van der Waals surface area contributed by atoms with Crippen molar-refractivity contribution in [3.8, 4) is 0 Å². The molecule has 1 unspecified atom stereocenters. The van der Waals surface area contributed by atoms with Crippen molar-refractivity contribution >= 4 is 17.7 Å². The fourth-order valence-corrected chi connectivity index (χ4v) is 2.91. The highest BCUT2D eigenvalue weighted by Crippen LogP contribution is 2.21. The maximum absolute atomic E-state index is 4.84. The lowest BCUT2D eigenvalue weighted by Gasteiger charge is -2.30. The fraction of sp³-hybridized carbons (Fsp3) is 0.938. The fourth-order valence-electron chi connectivity index (χ4n) is 2.72. The Morgan fingerprint density at radius 3 is 2.71 bits per heavy atom. The van der Waals surface area contributed by atoms with Crippen molar-refractivity contribution in [1.82, 2.24) is 15.1 Å². The van der Waals surface area contributed by atoms with E-state index < -0.39 is 0 Å².